The molecule has 0 spiro atoms. The molecule has 0 saturated carbocycles. The van der Waals surface area contributed by atoms with Crippen LogP contribution in [0.15, 0.2) is 0 Å². The first-order valence-electron chi connectivity index (χ1n) is 0.651. The standard InChI is InChI=1S/CH2O3.Ir.H3N.Zr/c2-1(3)4;;;/h(H2,2,3,4);;1H3;. The van der Waals surface area contributed by atoms with Crippen LogP contribution in [0.1, 0.15) is 0 Å². The van der Waals surface area contributed by atoms with E-state index in [1.807, 2.05) is 0 Å². The van der Waals surface area contributed by atoms with Crippen molar-refractivity contribution in [1.82, 2.24) is 6.15 Å². The van der Waals surface area contributed by atoms with Crippen molar-refractivity contribution in [2.45, 2.75) is 0 Å². The molecule has 7 heavy (non-hydrogen) atoms. The Morgan fingerprint density at radius 2 is 1.29 bits per heavy atom. The average molecular weight is 362 g/mol. The third-order valence-electron chi connectivity index (χ3n) is 0. The number of carbonyl (C=O) groups is 1. The van der Waals surface area contributed by atoms with E-state index in [0.29, 0.717) is 0 Å². The van der Waals surface area contributed by atoms with E-state index in [0.717, 1.165) is 0 Å². The van der Waals surface area contributed by atoms with Gasteiger partial charge >= 0.3 is 6.16 Å². The summed E-state index contributed by atoms with van der Waals surface area (Å²) in [5.41, 5.74) is 0. The molecule has 0 bridgehead atoms. The van der Waals surface area contributed by atoms with Crippen molar-refractivity contribution in [1.29, 1.82) is 0 Å². The fourth-order valence-electron chi connectivity index (χ4n) is 0. The Morgan fingerprint density at radius 3 is 1.29 bits per heavy atom. The molecule has 1 radical (unpaired) electrons. The van der Waals surface area contributed by atoms with Gasteiger partial charge in [0.2, 0.25) is 0 Å². The van der Waals surface area contributed by atoms with Crippen LogP contribution in [0.25, 0.3) is 0 Å². The third-order valence-corrected chi connectivity index (χ3v) is 0. The van der Waals surface area contributed by atoms with Crippen LogP contribution in [0.4, 0.5) is 4.79 Å². The second kappa shape index (κ2) is 15.9. The normalized spacial score (nSPS) is 3.43. The molecule has 45 valence electrons. The minimum absolute atomic E-state index is 0. The summed E-state index contributed by atoms with van der Waals surface area (Å²) in [5.74, 6) is 0. The molecule has 0 heterocycles. The summed E-state index contributed by atoms with van der Waals surface area (Å²) in [4.78, 5) is 8.56. The van der Waals surface area contributed by atoms with E-state index in [9.17, 15) is 0 Å². The summed E-state index contributed by atoms with van der Waals surface area (Å²) in [5, 5.41) is 13.9. The van der Waals surface area contributed by atoms with Crippen LogP contribution in [-0.4, -0.2) is 16.4 Å². The van der Waals surface area contributed by atoms with Crippen LogP contribution < -0.4 is 6.15 Å². The maximum absolute atomic E-state index is 8.56. The van der Waals surface area contributed by atoms with E-state index >= 15 is 0 Å². The summed E-state index contributed by atoms with van der Waals surface area (Å²) in [7, 11) is 0. The molecule has 0 aliphatic carbocycles. The minimum atomic E-state index is -1.83. The Kier molecular flexibility index (Phi) is 56.8. The second-order valence-corrected chi connectivity index (χ2v) is 0.283. The molecule has 0 aliphatic rings. The summed E-state index contributed by atoms with van der Waals surface area (Å²) >= 11 is 0. The Morgan fingerprint density at radius 1 is 1.29 bits per heavy atom. The van der Waals surface area contributed by atoms with E-state index in [1.54, 1.807) is 0 Å². The van der Waals surface area contributed by atoms with Crippen LogP contribution in [0, 0.1) is 0 Å². The van der Waals surface area contributed by atoms with E-state index in [2.05, 4.69) is 0 Å². The number of hydrogen-bond donors (Lipinski definition) is 3. The summed E-state index contributed by atoms with van der Waals surface area (Å²) in [6.45, 7) is 0. The van der Waals surface area contributed by atoms with Crippen molar-refractivity contribution in [2.75, 3.05) is 0 Å². The Balaban J connectivity index is -0.0000000150. The Labute approximate surface area is 73.4 Å². The van der Waals surface area contributed by atoms with Gasteiger partial charge in [-0.1, -0.05) is 0 Å². The number of carboxylic acid groups (broad SMARTS) is 2. The van der Waals surface area contributed by atoms with Crippen molar-refractivity contribution >= 4 is 6.16 Å². The van der Waals surface area contributed by atoms with Gasteiger partial charge < -0.3 is 16.4 Å². The van der Waals surface area contributed by atoms with Gasteiger partial charge in [-0.25, -0.2) is 4.79 Å². The van der Waals surface area contributed by atoms with E-state index in [1.165, 1.54) is 0 Å². The average Bonchev–Trinajstić information content (AvgIpc) is 0.811. The number of hydrogen-bond acceptors (Lipinski definition) is 2. The van der Waals surface area contributed by atoms with Crippen molar-refractivity contribution in [3.8, 4) is 0 Å². The molecule has 6 heteroatoms. The molecular weight excluding hydrogens is 357 g/mol. The number of rotatable bonds is 0. The van der Waals surface area contributed by atoms with Gasteiger partial charge in [0.15, 0.2) is 0 Å². The molecule has 0 rings (SSSR count). The predicted octanol–water partition coefficient (Wildman–Crippen LogP) is 0.379. The van der Waals surface area contributed by atoms with Crippen molar-refractivity contribution < 1.29 is 61.3 Å². The molecule has 5 N–H and O–H groups in total. The minimum Gasteiger partial charge on any atom is -0.450 e. The topological polar surface area (TPSA) is 92.5 Å². The first-order valence-corrected chi connectivity index (χ1v) is 0.651. The molecule has 0 aromatic carbocycles. The molecular formula is CH5IrNO3Zr. The summed E-state index contributed by atoms with van der Waals surface area (Å²) in [6, 6.07) is 0. The zero-order chi connectivity index (χ0) is 3.58. The molecule has 0 atom stereocenters. The Bertz CT molecular complexity index is 37.9. The molecule has 0 unspecified atom stereocenters. The van der Waals surface area contributed by atoms with Crippen LogP contribution in [0.3, 0.4) is 0 Å². The maximum Gasteiger partial charge on any atom is 0.503 e. The maximum atomic E-state index is 8.56. The van der Waals surface area contributed by atoms with Crippen LogP contribution in [0.5, 0.6) is 0 Å². The first-order chi connectivity index (χ1) is 1.73. The molecule has 0 aromatic rings. The quantitative estimate of drug-likeness (QED) is 0.581. The van der Waals surface area contributed by atoms with Gasteiger partial charge in [0.05, 0.1) is 0 Å². The van der Waals surface area contributed by atoms with Gasteiger partial charge in [-0.05, 0) is 0 Å². The largest absolute Gasteiger partial charge is 0.503 e. The summed E-state index contributed by atoms with van der Waals surface area (Å²) < 4.78 is 0. The van der Waals surface area contributed by atoms with Gasteiger partial charge in [0, 0.05) is 46.3 Å². The molecule has 0 aliphatic heterocycles. The van der Waals surface area contributed by atoms with Gasteiger partial charge in [-0.15, -0.1) is 0 Å². The van der Waals surface area contributed by atoms with Gasteiger partial charge in [0.1, 0.15) is 0 Å². The van der Waals surface area contributed by atoms with E-state index in [4.69, 9.17) is 15.0 Å². The second-order valence-electron chi connectivity index (χ2n) is 0.283. The van der Waals surface area contributed by atoms with E-state index in [-0.39, 0.29) is 52.5 Å². The molecule has 0 aromatic heterocycles. The molecule has 0 amide bonds. The van der Waals surface area contributed by atoms with Crippen molar-refractivity contribution in [2.24, 2.45) is 0 Å². The van der Waals surface area contributed by atoms with Crippen LogP contribution in [-0.2, 0) is 46.3 Å². The zero-order valence-electron chi connectivity index (χ0n) is 3.34. The van der Waals surface area contributed by atoms with Gasteiger partial charge in [-0.3, -0.25) is 0 Å². The van der Waals surface area contributed by atoms with Crippen molar-refractivity contribution in [3.63, 3.8) is 0 Å². The molecule has 0 saturated heterocycles. The third kappa shape index (κ3) is 264. The predicted molar refractivity (Wildman–Crippen MR) is 15.7 cm³/mol. The first kappa shape index (κ1) is 25.1. The molecule has 4 nitrogen and oxygen atoms in total. The van der Waals surface area contributed by atoms with Crippen LogP contribution >= 0.6 is 0 Å². The summed E-state index contributed by atoms with van der Waals surface area (Å²) in [6.07, 6.45) is -1.83. The fraction of sp³-hybridized carbons (Fsp3) is 0. The zero-order valence-corrected chi connectivity index (χ0v) is 8.20. The SMILES string of the molecule is N.O=C(O)O.[Ir].[Zr]. The van der Waals surface area contributed by atoms with E-state index < -0.39 is 6.16 Å². The van der Waals surface area contributed by atoms with Crippen molar-refractivity contribution in [3.05, 3.63) is 0 Å². The van der Waals surface area contributed by atoms with Crippen LogP contribution in [0.2, 0.25) is 0 Å². The monoisotopic (exact) mass is 362 g/mol. The van der Waals surface area contributed by atoms with Gasteiger partial charge in [-0.2, -0.15) is 0 Å². The van der Waals surface area contributed by atoms with Gasteiger partial charge in [0.25, 0.3) is 0 Å². The fourth-order valence-corrected chi connectivity index (χ4v) is 0. The molecule has 0 fully saturated rings. The smallest absolute Gasteiger partial charge is 0.450 e. The Hall–Kier alpha value is 0.762.